The van der Waals surface area contributed by atoms with Crippen molar-refractivity contribution in [2.24, 2.45) is 0 Å². The van der Waals surface area contributed by atoms with E-state index in [1.165, 1.54) is 27.6 Å². The van der Waals surface area contributed by atoms with Gasteiger partial charge < -0.3 is 0 Å². The first-order valence-corrected chi connectivity index (χ1v) is 9.43. The third-order valence-corrected chi connectivity index (χ3v) is 5.95. The van der Waals surface area contributed by atoms with E-state index in [2.05, 4.69) is 51.8 Å². The SMILES string of the molecule is c1ccc2c(c1)Cc1c-2ccc2c1c1ncccc1n1c3cnccc3nc21. The first kappa shape index (κ1) is 14.3. The number of rotatable bonds is 0. The number of aromatic nitrogens is 4. The number of imidazole rings is 1. The number of fused-ring (bicyclic) bond motifs is 12. The van der Waals surface area contributed by atoms with Gasteiger partial charge in [0.15, 0.2) is 0 Å². The summed E-state index contributed by atoms with van der Waals surface area (Å²) in [6, 6.07) is 19.2. The molecule has 7 rings (SSSR count). The van der Waals surface area contributed by atoms with E-state index in [0.717, 1.165) is 39.5 Å². The molecule has 0 saturated carbocycles. The Hall–Kier alpha value is -3.79. The monoisotopic (exact) mass is 358 g/mol. The smallest absolute Gasteiger partial charge is 0.146 e. The van der Waals surface area contributed by atoms with Gasteiger partial charge >= 0.3 is 0 Å². The van der Waals surface area contributed by atoms with Crippen LogP contribution in [0.5, 0.6) is 0 Å². The molecule has 0 amide bonds. The lowest BCUT2D eigenvalue weighted by Crippen LogP contribution is -1.96. The second kappa shape index (κ2) is 4.93. The van der Waals surface area contributed by atoms with Crippen molar-refractivity contribution >= 4 is 38.5 Å². The summed E-state index contributed by atoms with van der Waals surface area (Å²) in [6.07, 6.45) is 6.50. The Bertz CT molecular complexity index is 1590. The van der Waals surface area contributed by atoms with Crippen LogP contribution in [0.25, 0.3) is 49.6 Å². The maximum absolute atomic E-state index is 4.96. The first-order chi connectivity index (χ1) is 13.9. The second-order valence-corrected chi connectivity index (χ2v) is 7.35. The third-order valence-electron chi connectivity index (χ3n) is 5.95. The van der Waals surface area contributed by atoms with E-state index >= 15 is 0 Å². The van der Waals surface area contributed by atoms with Crippen LogP contribution in [-0.2, 0) is 6.42 Å². The third kappa shape index (κ3) is 1.63. The summed E-state index contributed by atoms with van der Waals surface area (Å²) in [5.74, 6) is 0. The molecule has 0 saturated heterocycles. The van der Waals surface area contributed by atoms with Gasteiger partial charge in [-0.25, -0.2) is 4.98 Å². The van der Waals surface area contributed by atoms with Gasteiger partial charge in [-0.3, -0.25) is 14.4 Å². The maximum Gasteiger partial charge on any atom is 0.146 e. The van der Waals surface area contributed by atoms with Gasteiger partial charge in [-0.15, -0.1) is 0 Å². The summed E-state index contributed by atoms with van der Waals surface area (Å²) in [4.78, 5) is 14.1. The van der Waals surface area contributed by atoms with E-state index in [4.69, 9.17) is 9.97 Å². The molecule has 4 nitrogen and oxygen atoms in total. The molecule has 0 unspecified atom stereocenters. The van der Waals surface area contributed by atoms with Crippen molar-refractivity contribution in [3.8, 4) is 11.1 Å². The molecule has 0 spiro atoms. The van der Waals surface area contributed by atoms with E-state index < -0.39 is 0 Å². The molecule has 0 fully saturated rings. The molecule has 4 heteroatoms. The van der Waals surface area contributed by atoms with Gasteiger partial charge in [-0.05, 0) is 52.9 Å². The molecule has 6 aromatic rings. The summed E-state index contributed by atoms with van der Waals surface area (Å²) in [5.41, 5.74) is 10.4. The van der Waals surface area contributed by atoms with Gasteiger partial charge in [0.1, 0.15) is 5.65 Å². The average molecular weight is 358 g/mol. The highest BCUT2D eigenvalue weighted by Crippen LogP contribution is 2.43. The van der Waals surface area contributed by atoms with E-state index in [1.54, 1.807) is 6.20 Å². The summed E-state index contributed by atoms with van der Waals surface area (Å²) in [6.45, 7) is 0. The predicted octanol–water partition coefficient (Wildman–Crippen LogP) is 5.16. The van der Waals surface area contributed by atoms with Crippen LogP contribution in [0.15, 0.2) is 73.2 Å². The summed E-state index contributed by atoms with van der Waals surface area (Å²) in [5, 5.41) is 2.37. The minimum Gasteiger partial charge on any atom is -0.289 e. The summed E-state index contributed by atoms with van der Waals surface area (Å²) in [7, 11) is 0. The minimum absolute atomic E-state index is 0.937. The average Bonchev–Trinajstić information content (AvgIpc) is 3.32. The molecule has 4 aromatic heterocycles. The molecule has 1 aliphatic carbocycles. The fourth-order valence-electron chi connectivity index (χ4n) is 4.79. The van der Waals surface area contributed by atoms with Gasteiger partial charge in [0.2, 0.25) is 0 Å². The Balaban J connectivity index is 1.77. The topological polar surface area (TPSA) is 43.1 Å². The molecular weight excluding hydrogens is 344 g/mol. The molecule has 0 radical (unpaired) electrons. The lowest BCUT2D eigenvalue weighted by molar-refractivity contribution is 1.25. The van der Waals surface area contributed by atoms with Gasteiger partial charge in [-0.2, -0.15) is 0 Å². The first-order valence-electron chi connectivity index (χ1n) is 9.43. The normalized spacial score (nSPS) is 12.9. The van der Waals surface area contributed by atoms with Gasteiger partial charge in [-0.1, -0.05) is 30.3 Å². The van der Waals surface area contributed by atoms with E-state index in [-0.39, 0.29) is 0 Å². The van der Waals surface area contributed by atoms with E-state index in [9.17, 15) is 0 Å². The highest BCUT2D eigenvalue weighted by Gasteiger charge is 2.24. The second-order valence-electron chi connectivity index (χ2n) is 7.35. The lowest BCUT2D eigenvalue weighted by atomic mass is 9.98. The van der Waals surface area contributed by atoms with Gasteiger partial charge in [0, 0.05) is 23.2 Å². The van der Waals surface area contributed by atoms with Crippen molar-refractivity contribution in [1.29, 1.82) is 0 Å². The Labute approximate surface area is 160 Å². The Morgan fingerprint density at radius 3 is 2.79 bits per heavy atom. The van der Waals surface area contributed by atoms with Crippen molar-refractivity contribution in [2.45, 2.75) is 6.42 Å². The minimum atomic E-state index is 0.937. The largest absolute Gasteiger partial charge is 0.289 e. The zero-order valence-electron chi connectivity index (χ0n) is 14.9. The van der Waals surface area contributed by atoms with Crippen molar-refractivity contribution in [2.75, 3.05) is 0 Å². The molecule has 2 aromatic carbocycles. The fourth-order valence-corrected chi connectivity index (χ4v) is 4.79. The number of benzene rings is 2. The summed E-state index contributed by atoms with van der Waals surface area (Å²) < 4.78 is 2.20. The molecule has 28 heavy (non-hydrogen) atoms. The van der Waals surface area contributed by atoms with Crippen LogP contribution in [0.2, 0.25) is 0 Å². The van der Waals surface area contributed by atoms with Crippen LogP contribution in [0, 0.1) is 0 Å². The van der Waals surface area contributed by atoms with Crippen LogP contribution in [0.3, 0.4) is 0 Å². The van der Waals surface area contributed by atoms with Crippen molar-refractivity contribution < 1.29 is 0 Å². The van der Waals surface area contributed by atoms with Crippen LogP contribution in [0.1, 0.15) is 11.1 Å². The Morgan fingerprint density at radius 1 is 0.821 bits per heavy atom. The molecular formula is C24H14N4. The number of pyridine rings is 3. The number of hydrogen-bond donors (Lipinski definition) is 0. The molecule has 1 aliphatic rings. The van der Waals surface area contributed by atoms with Crippen molar-refractivity contribution in [1.82, 2.24) is 19.4 Å². The highest BCUT2D eigenvalue weighted by atomic mass is 15.0. The van der Waals surface area contributed by atoms with Crippen LogP contribution in [0.4, 0.5) is 0 Å². The number of hydrogen-bond acceptors (Lipinski definition) is 3. The highest BCUT2D eigenvalue weighted by molar-refractivity contribution is 6.15. The van der Waals surface area contributed by atoms with Crippen LogP contribution < -0.4 is 0 Å². The van der Waals surface area contributed by atoms with Crippen LogP contribution >= 0.6 is 0 Å². The molecule has 4 heterocycles. The zero-order valence-corrected chi connectivity index (χ0v) is 14.9. The number of nitrogens with zero attached hydrogens (tertiary/aromatic N) is 4. The Morgan fingerprint density at radius 2 is 1.79 bits per heavy atom. The molecule has 0 N–H and O–H groups in total. The molecule has 0 atom stereocenters. The lowest BCUT2D eigenvalue weighted by Gasteiger charge is -2.11. The summed E-state index contributed by atoms with van der Waals surface area (Å²) >= 11 is 0. The van der Waals surface area contributed by atoms with E-state index in [0.29, 0.717) is 0 Å². The van der Waals surface area contributed by atoms with Crippen LogP contribution in [-0.4, -0.2) is 19.4 Å². The maximum atomic E-state index is 4.96. The Kier molecular flexibility index (Phi) is 2.51. The van der Waals surface area contributed by atoms with Gasteiger partial charge in [0.25, 0.3) is 0 Å². The van der Waals surface area contributed by atoms with Crippen molar-refractivity contribution in [3.63, 3.8) is 0 Å². The molecule has 0 aliphatic heterocycles. The van der Waals surface area contributed by atoms with E-state index in [1.807, 2.05) is 24.5 Å². The molecule has 130 valence electrons. The molecule has 0 bridgehead atoms. The zero-order chi connectivity index (χ0) is 18.2. The predicted molar refractivity (Wildman–Crippen MR) is 112 cm³/mol. The standard InChI is InChI=1S/C24H14N4/c1-2-5-15-14(4-1)12-18-16(15)7-8-17-22(18)23-20(6-3-10-26-23)28-21-13-25-11-9-19(21)27-24(17)28/h1-11,13H,12H2. The van der Waals surface area contributed by atoms with Crippen molar-refractivity contribution in [3.05, 3.63) is 84.3 Å². The quantitative estimate of drug-likeness (QED) is 0.352. The van der Waals surface area contributed by atoms with Gasteiger partial charge in [0.05, 0.1) is 28.3 Å². The fraction of sp³-hybridized carbons (Fsp3) is 0.0417.